The Balaban J connectivity index is 1.79. The minimum atomic E-state index is -0.0797. The molecule has 1 aliphatic heterocycles. The van der Waals surface area contributed by atoms with E-state index in [-0.39, 0.29) is 12.1 Å². The number of hydrogen-bond acceptors (Lipinski definition) is 4. The molecule has 3 unspecified atom stereocenters. The first-order chi connectivity index (χ1) is 9.16. The molecule has 0 aromatic heterocycles. The molecule has 0 amide bonds. The summed E-state index contributed by atoms with van der Waals surface area (Å²) in [5.41, 5.74) is -0.0797. The topological polar surface area (TPSA) is 50.7 Å². The summed E-state index contributed by atoms with van der Waals surface area (Å²) in [6.07, 6.45) is 5.85. The zero-order valence-electron chi connectivity index (χ0n) is 12.4. The van der Waals surface area contributed by atoms with Crippen molar-refractivity contribution in [1.29, 1.82) is 0 Å². The second-order valence-corrected chi connectivity index (χ2v) is 6.35. The van der Waals surface area contributed by atoms with Crippen LogP contribution in [0.4, 0.5) is 0 Å². The van der Waals surface area contributed by atoms with Crippen molar-refractivity contribution in [1.82, 2.24) is 5.32 Å². The van der Waals surface area contributed by atoms with Crippen LogP contribution in [0.1, 0.15) is 46.0 Å². The van der Waals surface area contributed by atoms with Crippen LogP contribution < -0.4 is 5.32 Å². The van der Waals surface area contributed by atoms with Gasteiger partial charge in [0.15, 0.2) is 0 Å². The molecule has 3 atom stereocenters. The van der Waals surface area contributed by atoms with Crippen LogP contribution in [-0.2, 0) is 9.47 Å². The summed E-state index contributed by atoms with van der Waals surface area (Å²) in [7, 11) is 0. The van der Waals surface area contributed by atoms with E-state index in [1.165, 1.54) is 12.8 Å². The SMILES string of the molecule is CC(C)NC1(CO)CCCC1CCOC1CCOC1. The minimum Gasteiger partial charge on any atom is -0.394 e. The second kappa shape index (κ2) is 7.02. The van der Waals surface area contributed by atoms with Crippen LogP contribution in [0.3, 0.4) is 0 Å². The highest BCUT2D eigenvalue weighted by atomic mass is 16.5. The van der Waals surface area contributed by atoms with Crippen LogP contribution in [0, 0.1) is 5.92 Å². The van der Waals surface area contributed by atoms with Gasteiger partial charge in [-0.05, 0) is 31.6 Å². The Labute approximate surface area is 116 Å². The average molecular weight is 271 g/mol. The van der Waals surface area contributed by atoms with E-state index in [0.717, 1.165) is 39.1 Å². The molecule has 2 N–H and O–H groups in total. The summed E-state index contributed by atoms with van der Waals surface area (Å²) in [6, 6.07) is 0.414. The molecule has 19 heavy (non-hydrogen) atoms. The van der Waals surface area contributed by atoms with Crippen molar-refractivity contribution in [3.05, 3.63) is 0 Å². The lowest BCUT2D eigenvalue weighted by atomic mass is 9.85. The molecule has 1 saturated carbocycles. The molecular weight excluding hydrogens is 242 g/mol. The Kier molecular flexibility index (Phi) is 5.63. The van der Waals surface area contributed by atoms with Crippen LogP contribution in [0.15, 0.2) is 0 Å². The van der Waals surface area contributed by atoms with E-state index in [4.69, 9.17) is 9.47 Å². The summed E-state index contributed by atoms with van der Waals surface area (Å²) in [6.45, 7) is 6.92. The van der Waals surface area contributed by atoms with Gasteiger partial charge in [0.25, 0.3) is 0 Å². The molecule has 2 rings (SSSR count). The molecule has 0 bridgehead atoms. The lowest BCUT2D eigenvalue weighted by Crippen LogP contribution is -2.54. The molecule has 0 spiro atoms. The fourth-order valence-corrected chi connectivity index (χ4v) is 3.60. The molecule has 1 saturated heterocycles. The van der Waals surface area contributed by atoms with Crippen LogP contribution >= 0.6 is 0 Å². The van der Waals surface area contributed by atoms with Gasteiger partial charge in [0, 0.05) is 24.8 Å². The standard InChI is InChI=1S/C15H29NO3/c1-12(2)16-15(11-17)7-3-4-13(15)5-9-19-14-6-8-18-10-14/h12-14,16-17H,3-11H2,1-2H3. The first kappa shape index (κ1) is 15.2. The van der Waals surface area contributed by atoms with Crippen molar-refractivity contribution < 1.29 is 14.6 Å². The maximum absolute atomic E-state index is 9.82. The van der Waals surface area contributed by atoms with Gasteiger partial charge in [0.05, 0.1) is 19.3 Å². The Morgan fingerprint density at radius 1 is 1.42 bits per heavy atom. The van der Waals surface area contributed by atoms with Gasteiger partial charge in [-0.3, -0.25) is 0 Å². The Bertz CT molecular complexity index is 266. The van der Waals surface area contributed by atoms with Crippen molar-refractivity contribution >= 4 is 0 Å². The van der Waals surface area contributed by atoms with E-state index >= 15 is 0 Å². The predicted octanol–water partition coefficient (Wildman–Crippen LogP) is 1.71. The van der Waals surface area contributed by atoms with Crippen LogP contribution in [0.25, 0.3) is 0 Å². The highest BCUT2D eigenvalue weighted by Crippen LogP contribution is 2.38. The Hall–Kier alpha value is -0.160. The van der Waals surface area contributed by atoms with E-state index in [9.17, 15) is 5.11 Å². The van der Waals surface area contributed by atoms with Crippen LogP contribution in [-0.4, -0.2) is 49.2 Å². The van der Waals surface area contributed by atoms with Gasteiger partial charge >= 0.3 is 0 Å². The maximum Gasteiger partial charge on any atom is 0.0830 e. The zero-order chi connectivity index (χ0) is 13.7. The number of nitrogens with one attached hydrogen (secondary N) is 1. The number of rotatable bonds is 7. The van der Waals surface area contributed by atoms with E-state index in [1.807, 2.05) is 0 Å². The number of ether oxygens (including phenoxy) is 2. The van der Waals surface area contributed by atoms with Crippen molar-refractivity contribution in [2.45, 2.75) is 63.6 Å². The van der Waals surface area contributed by atoms with E-state index in [2.05, 4.69) is 19.2 Å². The number of hydrogen-bond donors (Lipinski definition) is 2. The molecule has 4 heteroatoms. The van der Waals surface area contributed by atoms with Crippen molar-refractivity contribution in [2.75, 3.05) is 26.4 Å². The van der Waals surface area contributed by atoms with Crippen molar-refractivity contribution in [3.63, 3.8) is 0 Å². The number of aliphatic hydroxyl groups excluding tert-OH is 1. The number of aliphatic hydroxyl groups is 1. The normalized spacial score (nSPS) is 35.4. The lowest BCUT2D eigenvalue weighted by molar-refractivity contribution is 0.0234. The van der Waals surface area contributed by atoms with Crippen LogP contribution in [0.2, 0.25) is 0 Å². The summed E-state index contributed by atoms with van der Waals surface area (Å²) in [5.74, 6) is 0.530. The van der Waals surface area contributed by atoms with Crippen molar-refractivity contribution in [3.8, 4) is 0 Å². The molecule has 1 heterocycles. The third-order valence-electron chi connectivity index (χ3n) is 4.52. The Morgan fingerprint density at radius 2 is 2.26 bits per heavy atom. The van der Waals surface area contributed by atoms with Crippen LogP contribution in [0.5, 0.6) is 0 Å². The minimum absolute atomic E-state index is 0.0797. The average Bonchev–Trinajstić information content (AvgIpc) is 3.00. The van der Waals surface area contributed by atoms with Gasteiger partial charge in [-0.15, -0.1) is 0 Å². The van der Waals surface area contributed by atoms with Gasteiger partial charge < -0.3 is 19.9 Å². The summed E-state index contributed by atoms with van der Waals surface area (Å²) >= 11 is 0. The fraction of sp³-hybridized carbons (Fsp3) is 1.00. The molecular formula is C15H29NO3. The maximum atomic E-state index is 9.82. The monoisotopic (exact) mass is 271 g/mol. The Morgan fingerprint density at radius 3 is 2.89 bits per heavy atom. The predicted molar refractivity (Wildman–Crippen MR) is 75.2 cm³/mol. The first-order valence-electron chi connectivity index (χ1n) is 7.74. The molecule has 4 nitrogen and oxygen atoms in total. The highest BCUT2D eigenvalue weighted by Gasteiger charge is 2.42. The summed E-state index contributed by atoms with van der Waals surface area (Å²) in [4.78, 5) is 0. The molecule has 0 aromatic carbocycles. The third kappa shape index (κ3) is 3.91. The third-order valence-corrected chi connectivity index (χ3v) is 4.52. The second-order valence-electron chi connectivity index (χ2n) is 6.35. The largest absolute Gasteiger partial charge is 0.394 e. The highest BCUT2D eigenvalue weighted by molar-refractivity contribution is 4.99. The molecule has 0 radical (unpaired) electrons. The molecule has 2 fully saturated rings. The molecule has 2 aliphatic rings. The molecule has 0 aromatic rings. The van der Waals surface area contributed by atoms with Gasteiger partial charge in [0.2, 0.25) is 0 Å². The fourth-order valence-electron chi connectivity index (χ4n) is 3.60. The summed E-state index contributed by atoms with van der Waals surface area (Å²) in [5, 5.41) is 13.4. The first-order valence-corrected chi connectivity index (χ1v) is 7.74. The van der Waals surface area contributed by atoms with E-state index in [0.29, 0.717) is 18.1 Å². The lowest BCUT2D eigenvalue weighted by Gasteiger charge is -2.37. The van der Waals surface area contributed by atoms with Gasteiger partial charge in [-0.25, -0.2) is 0 Å². The van der Waals surface area contributed by atoms with Gasteiger partial charge in [-0.1, -0.05) is 20.3 Å². The zero-order valence-corrected chi connectivity index (χ0v) is 12.4. The summed E-state index contributed by atoms with van der Waals surface area (Å²) < 4.78 is 11.2. The van der Waals surface area contributed by atoms with E-state index in [1.54, 1.807) is 0 Å². The van der Waals surface area contributed by atoms with Gasteiger partial charge in [0.1, 0.15) is 0 Å². The quantitative estimate of drug-likeness (QED) is 0.740. The van der Waals surface area contributed by atoms with E-state index < -0.39 is 0 Å². The van der Waals surface area contributed by atoms with Gasteiger partial charge in [-0.2, -0.15) is 0 Å². The molecule has 112 valence electrons. The van der Waals surface area contributed by atoms with Crippen molar-refractivity contribution in [2.24, 2.45) is 5.92 Å². The molecule has 1 aliphatic carbocycles. The smallest absolute Gasteiger partial charge is 0.0830 e.